The molecule has 1 saturated carbocycles. The lowest BCUT2D eigenvalue weighted by Gasteiger charge is -2.46. The van der Waals surface area contributed by atoms with Crippen LogP contribution in [-0.2, 0) is 22.1 Å². The van der Waals surface area contributed by atoms with E-state index in [4.69, 9.17) is 8.84 Å². The maximum Gasteiger partial charge on any atom is 0.192 e. The summed E-state index contributed by atoms with van der Waals surface area (Å²) in [5.41, 5.74) is 1.37. The Balaban J connectivity index is 1.85. The van der Waals surface area contributed by atoms with Crippen LogP contribution >= 0.6 is 0 Å². The first kappa shape index (κ1) is 19.9. The molecule has 0 saturated heterocycles. The van der Waals surface area contributed by atoms with Crippen molar-refractivity contribution in [2.75, 3.05) is 0 Å². The number of carbonyl (C=O) groups is 1. The molecule has 0 aromatic carbocycles. The van der Waals surface area contributed by atoms with E-state index >= 15 is 0 Å². The minimum atomic E-state index is -1.80. The van der Waals surface area contributed by atoms with Crippen molar-refractivity contribution >= 4 is 14.1 Å². The molecule has 146 valence electrons. The van der Waals surface area contributed by atoms with Gasteiger partial charge in [-0.25, -0.2) is 0 Å². The number of aryl methyl sites for hydroxylation is 2. The smallest absolute Gasteiger partial charge is 0.192 e. The van der Waals surface area contributed by atoms with Crippen LogP contribution in [0.3, 0.4) is 0 Å². The SMILES string of the molecule is CC(=O)CCc1cc2c(o1)[C@H]1[C@H](CCC[C@H]1O[Si](C)(C)C(C)(C)C)CC2. The van der Waals surface area contributed by atoms with Gasteiger partial charge in [0.05, 0.1) is 6.10 Å². The molecule has 0 amide bonds. The molecule has 0 bridgehead atoms. The molecule has 2 aliphatic carbocycles. The number of fused-ring (bicyclic) bond motifs is 3. The molecule has 0 unspecified atom stereocenters. The molecule has 3 atom stereocenters. The Kier molecular flexibility index (Phi) is 5.56. The predicted molar refractivity (Wildman–Crippen MR) is 108 cm³/mol. The van der Waals surface area contributed by atoms with Crippen molar-refractivity contribution < 1.29 is 13.6 Å². The molecule has 1 aromatic heterocycles. The van der Waals surface area contributed by atoms with Gasteiger partial charge in [-0.15, -0.1) is 0 Å². The first-order chi connectivity index (χ1) is 12.1. The van der Waals surface area contributed by atoms with E-state index in [-0.39, 0.29) is 10.8 Å². The van der Waals surface area contributed by atoms with Crippen molar-refractivity contribution in [3.63, 3.8) is 0 Å². The third kappa shape index (κ3) is 4.01. The monoisotopic (exact) mass is 376 g/mol. The van der Waals surface area contributed by atoms with Gasteiger partial charge in [-0.05, 0) is 68.3 Å². The summed E-state index contributed by atoms with van der Waals surface area (Å²) in [4.78, 5) is 11.3. The molecule has 1 fully saturated rings. The Bertz CT molecular complexity index is 653. The first-order valence-corrected chi connectivity index (χ1v) is 13.3. The Labute approximate surface area is 160 Å². The largest absolute Gasteiger partial charge is 0.465 e. The van der Waals surface area contributed by atoms with Crippen molar-refractivity contribution in [2.24, 2.45) is 5.92 Å². The third-order valence-corrected chi connectivity index (χ3v) is 11.4. The van der Waals surface area contributed by atoms with Gasteiger partial charge >= 0.3 is 0 Å². The molecule has 1 aromatic rings. The van der Waals surface area contributed by atoms with E-state index in [1.165, 1.54) is 30.6 Å². The second-order valence-electron chi connectivity index (χ2n) is 9.98. The van der Waals surface area contributed by atoms with E-state index in [0.29, 0.717) is 24.4 Å². The van der Waals surface area contributed by atoms with Gasteiger partial charge in [0.15, 0.2) is 8.32 Å². The summed E-state index contributed by atoms with van der Waals surface area (Å²) in [7, 11) is -1.80. The van der Waals surface area contributed by atoms with Gasteiger partial charge in [0.2, 0.25) is 0 Å². The van der Waals surface area contributed by atoms with Gasteiger partial charge in [-0.2, -0.15) is 0 Å². The van der Waals surface area contributed by atoms with Gasteiger partial charge in [0, 0.05) is 18.8 Å². The zero-order valence-electron chi connectivity index (χ0n) is 17.5. The standard InChI is InChI=1S/C22H36O3Si/c1-15(23)10-13-18-14-17-12-11-16-8-7-9-19(20(16)21(17)24-18)25-26(5,6)22(2,3)4/h14,16,19-20H,7-13H2,1-6H3/t16-,19-,20+/m1/s1. The van der Waals surface area contributed by atoms with Crippen molar-refractivity contribution in [1.82, 2.24) is 0 Å². The molecule has 0 aliphatic heterocycles. The molecule has 3 nitrogen and oxygen atoms in total. The molecular weight excluding hydrogens is 340 g/mol. The molecular formula is C22H36O3Si. The van der Waals surface area contributed by atoms with Crippen LogP contribution in [0.15, 0.2) is 10.5 Å². The van der Waals surface area contributed by atoms with Gasteiger partial charge in [0.1, 0.15) is 17.3 Å². The zero-order chi connectivity index (χ0) is 19.1. The van der Waals surface area contributed by atoms with Crippen molar-refractivity contribution in [2.45, 2.75) is 103 Å². The molecule has 2 aliphatic rings. The van der Waals surface area contributed by atoms with E-state index in [1.807, 2.05) is 0 Å². The first-order valence-electron chi connectivity index (χ1n) is 10.4. The number of carbonyl (C=O) groups excluding carboxylic acids is 1. The summed E-state index contributed by atoms with van der Waals surface area (Å²) in [6, 6.07) is 2.21. The van der Waals surface area contributed by atoms with Crippen molar-refractivity contribution in [3.8, 4) is 0 Å². The van der Waals surface area contributed by atoms with Crippen LogP contribution in [0.5, 0.6) is 0 Å². The van der Waals surface area contributed by atoms with Crippen LogP contribution < -0.4 is 0 Å². The summed E-state index contributed by atoms with van der Waals surface area (Å²) < 4.78 is 13.2. The highest BCUT2D eigenvalue weighted by Crippen LogP contribution is 2.49. The van der Waals surface area contributed by atoms with Gasteiger partial charge < -0.3 is 13.6 Å². The second-order valence-corrected chi connectivity index (χ2v) is 14.7. The van der Waals surface area contributed by atoms with E-state index in [1.54, 1.807) is 6.92 Å². The third-order valence-electron chi connectivity index (χ3n) is 6.93. The zero-order valence-corrected chi connectivity index (χ0v) is 18.5. The summed E-state index contributed by atoms with van der Waals surface area (Å²) in [6.45, 7) is 13.3. The number of Topliss-reactive ketones (excluding diaryl/α,β-unsaturated/α-hetero) is 1. The highest BCUT2D eigenvalue weighted by Gasteiger charge is 2.46. The summed E-state index contributed by atoms with van der Waals surface area (Å²) in [5.74, 6) is 3.50. The lowest BCUT2D eigenvalue weighted by molar-refractivity contribution is -0.117. The Morgan fingerprint density at radius 1 is 1.27 bits per heavy atom. The van der Waals surface area contributed by atoms with Crippen molar-refractivity contribution in [3.05, 3.63) is 23.2 Å². The topological polar surface area (TPSA) is 39.4 Å². The summed E-state index contributed by atoms with van der Waals surface area (Å²) >= 11 is 0. The van der Waals surface area contributed by atoms with Gasteiger partial charge in [0.25, 0.3) is 0 Å². The van der Waals surface area contributed by atoms with Crippen LogP contribution in [-0.4, -0.2) is 20.2 Å². The van der Waals surface area contributed by atoms with Crippen molar-refractivity contribution in [1.29, 1.82) is 0 Å². The van der Waals surface area contributed by atoms with E-state index in [0.717, 1.165) is 25.0 Å². The number of rotatable bonds is 5. The minimum Gasteiger partial charge on any atom is -0.465 e. The van der Waals surface area contributed by atoms with Crippen LogP contribution in [0.4, 0.5) is 0 Å². The average Bonchev–Trinajstić information content (AvgIpc) is 2.94. The summed E-state index contributed by atoms with van der Waals surface area (Å²) in [6.07, 6.45) is 7.68. The van der Waals surface area contributed by atoms with Crippen LogP contribution in [0.25, 0.3) is 0 Å². The van der Waals surface area contributed by atoms with Crippen LogP contribution in [0, 0.1) is 5.92 Å². The number of ketones is 1. The molecule has 3 rings (SSSR count). The number of furan rings is 1. The molecule has 1 heterocycles. The Morgan fingerprint density at radius 2 is 2.00 bits per heavy atom. The Hall–Kier alpha value is -0.873. The van der Waals surface area contributed by atoms with Crippen LogP contribution in [0.1, 0.15) is 82.8 Å². The molecule has 4 heteroatoms. The normalized spacial score (nSPS) is 26.3. The second kappa shape index (κ2) is 7.27. The maximum atomic E-state index is 11.3. The predicted octanol–water partition coefficient (Wildman–Crippen LogP) is 6.02. The fourth-order valence-corrected chi connectivity index (χ4v) is 5.76. The maximum absolute atomic E-state index is 11.3. The van der Waals surface area contributed by atoms with E-state index in [9.17, 15) is 4.79 Å². The minimum absolute atomic E-state index is 0.229. The quantitative estimate of drug-likeness (QED) is 0.590. The van der Waals surface area contributed by atoms with Gasteiger partial charge in [-0.1, -0.05) is 27.2 Å². The lowest BCUT2D eigenvalue weighted by Crippen LogP contribution is -2.47. The number of hydrogen-bond acceptors (Lipinski definition) is 3. The summed E-state index contributed by atoms with van der Waals surface area (Å²) in [5, 5.41) is 0.229. The average molecular weight is 377 g/mol. The Morgan fingerprint density at radius 3 is 2.65 bits per heavy atom. The molecule has 26 heavy (non-hydrogen) atoms. The lowest BCUT2D eigenvalue weighted by atomic mass is 9.69. The van der Waals surface area contributed by atoms with Gasteiger partial charge in [-0.3, -0.25) is 0 Å². The highest BCUT2D eigenvalue weighted by molar-refractivity contribution is 6.74. The molecule has 0 spiro atoms. The van der Waals surface area contributed by atoms with E-state index < -0.39 is 8.32 Å². The molecule has 0 N–H and O–H groups in total. The van der Waals surface area contributed by atoms with E-state index in [2.05, 4.69) is 39.9 Å². The molecule has 0 radical (unpaired) electrons. The fraction of sp³-hybridized carbons (Fsp3) is 0.773. The number of hydrogen-bond donors (Lipinski definition) is 0. The highest BCUT2D eigenvalue weighted by atomic mass is 28.4. The van der Waals surface area contributed by atoms with Crippen LogP contribution in [0.2, 0.25) is 18.1 Å². The fourth-order valence-electron chi connectivity index (χ4n) is 4.38.